The molecule has 0 aliphatic rings. The number of nitrogens with zero attached hydrogens (tertiary/aromatic N) is 1. The summed E-state index contributed by atoms with van der Waals surface area (Å²) in [7, 11) is 0. The molecule has 0 fully saturated rings. The summed E-state index contributed by atoms with van der Waals surface area (Å²) in [4.78, 5) is 4.42. The number of hydrogen-bond donors (Lipinski definition) is 1. The SMILES string of the molecule is CC(C)(c1ccc(O)cc1)c1cc(Br)ccn1. The van der Waals surface area contributed by atoms with Crippen molar-refractivity contribution in [2.75, 3.05) is 0 Å². The Kier molecular flexibility index (Phi) is 3.20. The van der Waals surface area contributed by atoms with Gasteiger partial charge in [-0.1, -0.05) is 41.9 Å². The van der Waals surface area contributed by atoms with Gasteiger partial charge in [-0.15, -0.1) is 0 Å². The van der Waals surface area contributed by atoms with E-state index in [9.17, 15) is 5.11 Å². The van der Waals surface area contributed by atoms with E-state index in [1.165, 1.54) is 0 Å². The van der Waals surface area contributed by atoms with E-state index in [-0.39, 0.29) is 11.2 Å². The van der Waals surface area contributed by atoms with Gasteiger partial charge in [0, 0.05) is 16.1 Å². The first kappa shape index (κ1) is 12.1. The van der Waals surface area contributed by atoms with Gasteiger partial charge in [-0.3, -0.25) is 4.98 Å². The van der Waals surface area contributed by atoms with Gasteiger partial charge in [-0.05, 0) is 29.8 Å². The fraction of sp³-hybridized carbons (Fsp3) is 0.214. The molecular weight excluding hydrogens is 278 g/mol. The minimum Gasteiger partial charge on any atom is -0.508 e. The van der Waals surface area contributed by atoms with E-state index in [0.717, 1.165) is 15.7 Å². The lowest BCUT2D eigenvalue weighted by Crippen LogP contribution is -2.20. The number of phenolic OH excluding ortho intramolecular Hbond substituents is 1. The van der Waals surface area contributed by atoms with E-state index in [1.54, 1.807) is 18.3 Å². The van der Waals surface area contributed by atoms with Gasteiger partial charge >= 0.3 is 0 Å². The molecule has 0 saturated carbocycles. The molecule has 1 aromatic heterocycles. The van der Waals surface area contributed by atoms with Crippen LogP contribution in [0.15, 0.2) is 47.1 Å². The van der Waals surface area contributed by atoms with Gasteiger partial charge < -0.3 is 5.11 Å². The third-order valence-corrected chi connectivity index (χ3v) is 3.44. The first-order valence-electron chi connectivity index (χ1n) is 5.42. The molecule has 2 rings (SSSR count). The molecule has 17 heavy (non-hydrogen) atoms. The van der Waals surface area contributed by atoms with Gasteiger partial charge in [0.1, 0.15) is 5.75 Å². The predicted molar refractivity (Wildman–Crippen MR) is 72.2 cm³/mol. The lowest BCUT2D eigenvalue weighted by atomic mass is 9.81. The molecule has 2 nitrogen and oxygen atoms in total. The van der Waals surface area contributed by atoms with Crippen LogP contribution in [0.2, 0.25) is 0 Å². The van der Waals surface area contributed by atoms with Crippen LogP contribution in [0.4, 0.5) is 0 Å². The van der Waals surface area contributed by atoms with Crippen molar-refractivity contribution in [3.63, 3.8) is 0 Å². The van der Waals surface area contributed by atoms with Crippen molar-refractivity contribution in [1.29, 1.82) is 0 Å². The molecule has 2 aromatic rings. The second kappa shape index (κ2) is 4.49. The van der Waals surface area contributed by atoms with Gasteiger partial charge in [-0.2, -0.15) is 0 Å². The third kappa shape index (κ3) is 2.50. The van der Waals surface area contributed by atoms with E-state index in [1.807, 2.05) is 24.3 Å². The Hall–Kier alpha value is -1.35. The highest BCUT2D eigenvalue weighted by Crippen LogP contribution is 2.31. The molecule has 88 valence electrons. The normalized spacial score (nSPS) is 11.5. The van der Waals surface area contributed by atoms with Crippen LogP contribution in [0.5, 0.6) is 5.75 Å². The Bertz CT molecular complexity index is 520. The Morgan fingerprint density at radius 1 is 1.12 bits per heavy atom. The van der Waals surface area contributed by atoms with Crippen LogP contribution >= 0.6 is 15.9 Å². The molecular formula is C14H14BrNO. The van der Waals surface area contributed by atoms with Crippen LogP contribution in [0.1, 0.15) is 25.1 Å². The van der Waals surface area contributed by atoms with E-state index in [4.69, 9.17) is 0 Å². The number of phenols is 1. The van der Waals surface area contributed by atoms with Crippen molar-refractivity contribution in [2.24, 2.45) is 0 Å². The van der Waals surface area contributed by atoms with E-state index in [0.29, 0.717) is 0 Å². The van der Waals surface area contributed by atoms with Gasteiger partial charge in [-0.25, -0.2) is 0 Å². The fourth-order valence-electron chi connectivity index (χ4n) is 1.77. The van der Waals surface area contributed by atoms with Gasteiger partial charge in [0.25, 0.3) is 0 Å². The summed E-state index contributed by atoms with van der Waals surface area (Å²) in [5, 5.41) is 9.31. The number of rotatable bonds is 2. The number of hydrogen-bond acceptors (Lipinski definition) is 2. The summed E-state index contributed by atoms with van der Waals surface area (Å²) in [5.74, 6) is 0.284. The van der Waals surface area contributed by atoms with Gasteiger partial charge in [0.15, 0.2) is 0 Å². The standard InChI is InChI=1S/C14H14BrNO/c1-14(2,10-3-5-12(17)6-4-10)13-9-11(15)7-8-16-13/h3-9,17H,1-2H3. The van der Waals surface area contributed by atoms with Crippen molar-refractivity contribution >= 4 is 15.9 Å². The maximum Gasteiger partial charge on any atom is 0.115 e. The zero-order valence-corrected chi connectivity index (χ0v) is 11.4. The number of halogens is 1. The molecule has 1 heterocycles. The van der Waals surface area contributed by atoms with Gasteiger partial charge in [0.05, 0.1) is 5.69 Å². The highest BCUT2D eigenvalue weighted by molar-refractivity contribution is 9.10. The molecule has 0 saturated heterocycles. The Balaban J connectivity index is 2.45. The smallest absolute Gasteiger partial charge is 0.115 e. The quantitative estimate of drug-likeness (QED) is 0.911. The number of aromatic hydroxyl groups is 1. The minimum absolute atomic E-state index is 0.183. The predicted octanol–water partition coefficient (Wildman–Crippen LogP) is 3.88. The molecule has 0 aliphatic heterocycles. The maximum absolute atomic E-state index is 9.31. The van der Waals surface area contributed by atoms with Crippen molar-refractivity contribution in [2.45, 2.75) is 19.3 Å². The number of aromatic nitrogens is 1. The average molecular weight is 292 g/mol. The van der Waals surface area contributed by atoms with Crippen molar-refractivity contribution in [3.8, 4) is 5.75 Å². The van der Waals surface area contributed by atoms with Crippen LogP contribution in [0.3, 0.4) is 0 Å². The largest absolute Gasteiger partial charge is 0.508 e. The summed E-state index contributed by atoms with van der Waals surface area (Å²) < 4.78 is 1.02. The van der Waals surface area contributed by atoms with Crippen LogP contribution in [0, 0.1) is 0 Å². The zero-order valence-electron chi connectivity index (χ0n) is 9.81. The molecule has 1 aromatic carbocycles. The fourth-order valence-corrected chi connectivity index (χ4v) is 2.11. The lowest BCUT2D eigenvalue weighted by Gasteiger charge is -2.25. The molecule has 0 radical (unpaired) electrons. The molecule has 1 N–H and O–H groups in total. The number of benzene rings is 1. The van der Waals surface area contributed by atoms with Crippen LogP contribution < -0.4 is 0 Å². The van der Waals surface area contributed by atoms with Crippen LogP contribution in [-0.4, -0.2) is 10.1 Å². The summed E-state index contributed by atoms with van der Waals surface area (Å²) >= 11 is 3.46. The Morgan fingerprint density at radius 3 is 2.35 bits per heavy atom. The number of pyridine rings is 1. The molecule has 0 aliphatic carbocycles. The molecule has 0 amide bonds. The minimum atomic E-state index is -0.183. The molecule has 0 spiro atoms. The maximum atomic E-state index is 9.31. The monoisotopic (exact) mass is 291 g/mol. The highest BCUT2D eigenvalue weighted by Gasteiger charge is 2.24. The van der Waals surface area contributed by atoms with Crippen LogP contribution in [0.25, 0.3) is 0 Å². The summed E-state index contributed by atoms with van der Waals surface area (Å²) in [6.45, 7) is 4.24. The van der Waals surface area contributed by atoms with Crippen molar-refractivity contribution < 1.29 is 5.11 Å². The van der Waals surface area contributed by atoms with Crippen LogP contribution in [-0.2, 0) is 5.41 Å². The highest BCUT2D eigenvalue weighted by atomic mass is 79.9. The summed E-state index contributed by atoms with van der Waals surface area (Å²) in [6.07, 6.45) is 1.79. The second-order valence-corrected chi connectivity index (χ2v) is 5.45. The first-order valence-corrected chi connectivity index (χ1v) is 6.21. The van der Waals surface area contributed by atoms with E-state index >= 15 is 0 Å². The average Bonchev–Trinajstić information content (AvgIpc) is 2.29. The lowest BCUT2D eigenvalue weighted by molar-refractivity contribution is 0.474. The molecule has 0 atom stereocenters. The van der Waals surface area contributed by atoms with E-state index < -0.39 is 0 Å². The summed E-state index contributed by atoms with van der Waals surface area (Å²) in [6, 6.07) is 11.2. The topological polar surface area (TPSA) is 33.1 Å². The van der Waals surface area contributed by atoms with Gasteiger partial charge in [0.2, 0.25) is 0 Å². The molecule has 0 unspecified atom stereocenters. The molecule has 3 heteroatoms. The van der Waals surface area contributed by atoms with E-state index in [2.05, 4.69) is 34.8 Å². The third-order valence-electron chi connectivity index (χ3n) is 2.95. The summed E-state index contributed by atoms with van der Waals surface area (Å²) in [5.41, 5.74) is 1.94. The first-order chi connectivity index (χ1) is 8.00. The van der Waals surface area contributed by atoms with Crippen molar-refractivity contribution in [3.05, 3.63) is 58.3 Å². The molecule has 0 bridgehead atoms. The zero-order chi connectivity index (χ0) is 12.5. The second-order valence-electron chi connectivity index (χ2n) is 4.53. The Morgan fingerprint density at radius 2 is 1.76 bits per heavy atom. The van der Waals surface area contributed by atoms with Crippen molar-refractivity contribution in [1.82, 2.24) is 4.98 Å². The Labute approximate surface area is 109 Å².